The number of benzene rings is 1. The number of rotatable bonds is 4. The van der Waals surface area contributed by atoms with Crippen LogP contribution in [0, 0.1) is 11.3 Å². The number of nitrogens with one attached hydrogen (secondary N) is 1. The topological polar surface area (TPSA) is 72.8 Å². The number of nitriles is 1. The number of hydrogen-bond donors (Lipinski definition) is 1. The third kappa shape index (κ3) is 3.42. The lowest BCUT2D eigenvalue weighted by molar-refractivity contribution is -0.129. The largest absolute Gasteiger partial charge is 0.341 e. The van der Waals surface area contributed by atoms with Crippen molar-refractivity contribution in [3.8, 4) is 6.07 Å². The average Bonchev–Trinajstić information content (AvgIpc) is 2.92. The van der Waals surface area contributed by atoms with E-state index in [2.05, 4.69) is 16.3 Å². The lowest BCUT2D eigenvalue weighted by Gasteiger charge is -2.16. The van der Waals surface area contributed by atoms with Gasteiger partial charge in [-0.15, -0.1) is 0 Å². The van der Waals surface area contributed by atoms with Gasteiger partial charge in [0.1, 0.15) is 0 Å². The Morgan fingerprint density at radius 2 is 2.11 bits per heavy atom. The Labute approximate surface area is 111 Å². The standard InChI is InChI=1S/C14H14N4O/c1-18(10-13-8-16-17-9-13)14(19)6-11-2-4-12(7-15)5-3-11/h2-5,8-9H,6,10H2,1H3,(H,16,17). The zero-order chi connectivity index (χ0) is 13.7. The molecule has 2 rings (SSSR count). The maximum Gasteiger partial charge on any atom is 0.227 e. The molecule has 2 aromatic rings. The molecule has 1 aromatic carbocycles. The van der Waals surface area contributed by atoms with Gasteiger partial charge < -0.3 is 4.90 Å². The molecular weight excluding hydrogens is 240 g/mol. The van der Waals surface area contributed by atoms with Crippen LogP contribution in [0.5, 0.6) is 0 Å². The lowest BCUT2D eigenvalue weighted by atomic mass is 10.1. The van der Waals surface area contributed by atoms with Gasteiger partial charge in [0.05, 0.1) is 24.3 Å². The fourth-order valence-corrected chi connectivity index (χ4v) is 1.73. The molecular formula is C14H14N4O. The fourth-order valence-electron chi connectivity index (χ4n) is 1.73. The SMILES string of the molecule is CN(Cc1cn[nH]c1)C(=O)Cc1ccc(C#N)cc1. The van der Waals surface area contributed by atoms with Gasteiger partial charge in [0, 0.05) is 25.4 Å². The minimum absolute atomic E-state index is 0.0332. The molecule has 0 spiro atoms. The molecule has 0 bridgehead atoms. The van der Waals surface area contributed by atoms with E-state index in [0.717, 1.165) is 11.1 Å². The maximum atomic E-state index is 12.0. The molecule has 0 aliphatic rings. The van der Waals surface area contributed by atoms with E-state index < -0.39 is 0 Å². The van der Waals surface area contributed by atoms with Crippen molar-refractivity contribution in [2.24, 2.45) is 0 Å². The minimum atomic E-state index is 0.0332. The van der Waals surface area contributed by atoms with Crippen LogP contribution in [-0.2, 0) is 17.8 Å². The lowest BCUT2D eigenvalue weighted by Crippen LogP contribution is -2.27. The Morgan fingerprint density at radius 3 is 2.68 bits per heavy atom. The van der Waals surface area contributed by atoms with Crippen LogP contribution in [0.3, 0.4) is 0 Å². The first-order chi connectivity index (χ1) is 9.19. The van der Waals surface area contributed by atoms with Crippen LogP contribution in [0.25, 0.3) is 0 Å². The number of aromatic nitrogens is 2. The maximum absolute atomic E-state index is 12.0. The number of nitrogens with zero attached hydrogens (tertiary/aromatic N) is 3. The number of carbonyl (C=O) groups excluding carboxylic acids is 1. The first-order valence-electron chi connectivity index (χ1n) is 5.89. The van der Waals surface area contributed by atoms with Crippen molar-refractivity contribution in [1.29, 1.82) is 5.26 Å². The Bertz CT molecular complexity index is 581. The molecule has 96 valence electrons. The zero-order valence-electron chi connectivity index (χ0n) is 10.6. The minimum Gasteiger partial charge on any atom is -0.341 e. The summed E-state index contributed by atoms with van der Waals surface area (Å²) in [6.07, 6.45) is 3.80. The molecule has 1 aromatic heterocycles. The van der Waals surface area contributed by atoms with Crippen molar-refractivity contribution in [1.82, 2.24) is 15.1 Å². The summed E-state index contributed by atoms with van der Waals surface area (Å²) in [7, 11) is 1.76. The summed E-state index contributed by atoms with van der Waals surface area (Å²) in [6.45, 7) is 0.533. The second kappa shape index (κ2) is 5.83. The van der Waals surface area contributed by atoms with Crippen molar-refractivity contribution < 1.29 is 4.79 Å². The van der Waals surface area contributed by atoms with E-state index in [1.165, 1.54) is 0 Å². The van der Waals surface area contributed by atoms with Crippen molar-refractivity contribution in [3.05, 3.63) is 53.3 Å². The van der Waals surface area contributed by atoms with Crippen LogP contribution in [0.4, 0.5) is 0 Å². The molecule has 0 aliphatic carbocycles. The molecule has 5 nitrogen and oxygen atoms in total. The van der Waals surface area contributed by atoms with Crippen molar-refractivity contribution in [2.45, 2.75) is 13.0 Å². The van der Waals surface area contributed by atoms with E-state index >= 15 is 0 Å². The Kier molecular flexibility index (Phi) is 3.94. The quantitative estimate of drug-likeness (QED) is 0.898. The molecule has 1 N–H and O–H groups in total. The van der Waals surface area contributed by atoms with E-state index in [-0.39, 0.29) is 5.91 Å². The van der Waals surface area contributed by atoms with Crippen LogP contribution in [0.15, 0.2) is 36.7 Å². The predicted octanol–water partition coefficient (Wildman–Crippen LogP) is 1.48. The van der Waals surface area contributed by atoms with Gasteiger partial charge in [-0.05, 0) is 17.7 Å². The number of aromatic amines is 1. The Balaban J connectivity index is 1.94. The number of likely N-dealkylation sites (N-methyl/N-ethyl adjacent to an activating group) is 1. The predicted molar refractivity (Wildman–Crippen MR) is 69.9 cm³/mol. The highest BCUT2D eigenvalue weighted by molar-refractivity contribution is 5.78. The molecule has 0 saturated carbocycles. The summed E-state index contributed by atoms with van der Waals surface area (Å²) in [4.78, 5) is 13.7. The molecule has 0 atom stereocenters. The van der Waals surface area contributed by atoms with Gasteiger partial charge in [0.15, 0.2) is 0 Å². The molecule has 0 unspecified atom stereocenters. The van der Waals surface area contributed by atoms with Crippen LogP contribution >= 0.6 is 0 Å². The summed E-state index contributed by atoms with van der Waals surface area (Å²) < 4.78 is 0. The molecule has 0 fully saturated rings. The Morgan fingerprint density at radius 1 is 1.37 bits per heavy atom. The normalized spacial score (nSPS) is 9.89. The first kappa shape index (κ1) is 12.8. The van der Waals surface area contributed by atoms with Gasteiger partial charge in [0.2, 0.25) is 5.91 Å². The summed E-state index contributed by atoms with van der Waals surface area (Å²) in [5.41, 5.74) is 2.47. The van der Waals surface area contributed by atoms with Crippen LogP contribution < -0.4 is 0 Å². The van der Waals surface area contributed by atoms with Gasteiger partial charge in [-0.25, -0.2) is 0 Å². The second-order valence-electron chi connectivity index (χ2n) is 4.34. The van der Waals surface area contributed by atoms with Gasteiger partial charge in [-0.1, -0.05) is 12.1 Å². The van der Waals surface area contributed by atoms with Crippen molar-refractivity contribution in [2.75, 3.05) is 7.05 Å². The van der Waals surface area contributed by atoms with Crippen LogP contribution in [0.1, 0.15) is 16.7 Å². The third-order valence-corrected chi connectivity index (χ3v) is 2.84. The highest BCUT2D eigenvalue weighted by Gasteiger charge is 2.10. The molecule has 1 heterocycles. The summed E-state index contributed by atoms with van der Waals surface area (Å²) in [6, 6.07) is 9.11. The molecule has 0 aliphatic heterocycles. The van der Waals surface area contributed by atoms with E-state index in [4.69, 9.17) is 5.26 Å². The first-order valence-corrected chi connectivity index (χ1v) is 5.89. The monoisotopic (exact) mass is 254 g/mol. The van der Waals surface area contributed by atoms with E-state index in [0.29, 0.717) is 18.5 Å². The van der Waals surface area contributed by atoms with Gasteiger partial charge in [-0.2, -0.15) is 10.4 Å². The molecule has 1 amide bonds. The average molecular weight is 254 g/mol. The highest BCUT2D eigenvalue weighted by Crippen LogP contribution is 2.07. The summed E-state index contributed by atoms with van der Waals surface area (Å²) in [5, 5.41) is 15.3. The fraction of sp³-hybridized carbons (Fsp3) is 0.214. The molecule has 19 heavy (non-hydrogen) atoms. The van der Waals surface area contributed by atoms with Gasteiger partial charge >= 0.3 is 0 Å². The number of carbonyl (C=O) groups is 1. The highest BCUT2D eigenvalue weighted by atomic mass is 16.2. The number of H-pyrrole nitrogens is 1. The summed E-state index contributed by atoms with van der Waals surface area (Å²) >= 11 is 0. The van der Waals surface area contributed by atoms with E-state index in [9.17, 15) is 4.79 Å². The van der Waals surface area contributed by atoms with E-state index in [1.54, 1.807) is 36.5 Å². The molecule has 5 heteroatoms. The molecule has 0 radical (unpaired) electrons. The van der Waals surface area contributed by atoms with Crippen LogP contribution in [-0.4, -0.2) is 28.1 Å². The van der Waals surface area contributed by atoms with Crippen LogP contribution in [0.2, 0.25) is 0 Å². The van der Waals surface area contributed by atoms with Gasteiger partial charge in [-0.3, -0.25) is 9.89 Å². The van der Waals surface area contributed by atoms with Crippen molar-refractivity contribution >= 4 is 5.91 Å². The molecule has 0 saturated heterocycles. The summed E-state index contributed by atoms with van der Waals surface area (Å²) in [5.74, 6) is 0.0332. The third-order valence-electron chi connectivity index (χ3n) is 2.84. The number of hydrogen-bond acceptors (Lipinski definition) is 3. The smallest absolute Gasteiger partial charge is 0.227 e. The van der Waals surface area contributed by atoms with Crippen molar-refractivity contribution in [3.63, 3.8) is 0 Å². The Hall–Kier alpha value is -2.61. The zero-order valence-corrected chi connectivity index (χ0v) is 10.6. The van der Waals surface area contributed by atoms with Gasteiger partial charge in [0.25, 0.3) is 0 Å². The second-order valence-corrected chi connectivity index (χ2v) is 4.34. The van der Waals surface area contributed by atoms with E-state index in [1.807, 2.05) is 12.1 Å². The number of amides is 1.